The van der Waals surface area contributed by atoms with Crippen LogP contribution in [0.3, 0.4) is 0 Å². The average molecular weight is 223 g/mol. The summed E-state index contributed by atoms with van der Waals surface area (Å²) in [5.41, 5.74) is 0.287. The molecule has 0 fully saturated rings. The van der Waals surface area contributed by atoms with Crippen LogP contribution in [0.15, 0.2) is 11.0 Å². The number of hydrogen-bond donors (Lipinski definition) is 1. The fraction of sp³-hybridized carbons (Fsp3) is 0.500. The van der Waals surface area contributed by atoms with Crippen molar-refractivity contribution in [1.82, 2.24) is 9.55 Å². The van der Waals surface area contributed by atoms with Crippen LogP contribution in [0.4, 0.5) is 0 Å². The first-order chi connectivity index (χ1) is 7.58. The van der Waals surface area contributed by atoms with E-state index in [4.69, 9.17) is 15.1 Å². The minimum atomic E-state index is -0.606. The summed E-state index contributed by atoms with van der Waals surface area (Å²) in [6.45, 7) is 1.50. The molecule has 0 aliphatic heterocycles. The molecule has 0 bridgehead atoms. The zero-order chi connectivity index (χ0) is 12.1. The Labute approximate surface area is 92.7 Å². The number of hydrogen-bond acceptors (Lipinski definition) is 5. The summed E-state index contributed by atoms with van der Waals surface area (Å²) < 4.78 is 6.55. The average Bonchev–Trinajstić information content (AvgIpc) is 2.26. The Morgan fingerprint density at radius 3 is 3.00 bits per heavy atom. The fourth-order valence-electron chi connectivity index (χ4n) is 1.11. The minimum Gasteiger partial charge on any atom is -0.476 e. The molecule has 1 aromatic heterocycles. The molecule has 0 aliphatic rings. The Morgan fingerprint density at radius 1 is 1.75 bits per heavy atom. The maximum Gasteiger partial charge on any atom is 0.350 e. The van der Waals surface area contributed by atoms with Gasteiger partial charge in [0.15, 0.2) is 0 Å². The van der Waals surface area contributed by atoms with E-state index in [0.29, 0.717) is 5.56 Å². The zero-order valence-electron chi connectivity index (χ0n) is 9.17. The molecule has 0 radical (unpaired) electrons. The van der Waals surface area contributed by atoms with Crippen molar-refractivity contribution < 1.29 is 9.84 Å². The normalized spacial score (nSPS) is 11.9. The number of aliphatic hydroxyl groups is 1. The van der Waals surface area contributed by atoms with E-state index in [2.05, 4.69) is 4.98 Å². The molecule has 86 valence electrons. The van der Waals surface area contributed by atoms with E-state index in [9.17, 15) is 4.79 Å². The Hall–Kier alpha value is -1.87. The van der Waals surface area contributed by atoms with Gasteiger partial charge in [-0.05, 0) is 6.92 Å². The molecule has 1 aromatic rings. The van der Waals surface area contributed by atoms with Crippen LogP contribution < -0.4 is 10.4 Å². The fourth-order valence-corrected chi connectivity index (χ4v) is 1.11. The SMILES string of the molecule is Cc1cn(C)c(=O)nc1OCC(C#N)CO. The van der Waals surface area contributed by atoms with Crippen LogP contribution >= 0.6 is 0 Å². The number of ether oxygens (including phenoxy) is 1. The van der Waals surface area contributed by atoms with E-state index in [-0.39, 0.29) is 19.1 Å². The highest BCUT2D eigenvalue weighted by atomic mass is 16.5. The first-order valence-corrected chi connectivity index (χ1v) is 4.76. The molecule has 1 unspecified atom stereocenters. The lowest BCUT2D eigenvalue weighted by Gasteiger charge is -2.10. The Kier molecular flexibility index (Phi) is 4.03. The van der Waals surface area contributed by atoms with E-state index in [0.717, 1.165) is 0 Å². The maximum atomic E-state index is 11.2. The van der Waals surface area contributed by atoms with Crippen molar-refractivity contribution in [2.24, 2.45) is 13.0 Å². The van der Waals surface area contributed by atoms with Gasteiger partial charge in [0.1, 0.15) is 12.5 Å². The van der Waals surface area contributed by atoms with Crippen molar-refractivity contribution in [3.05, 3.63) is 22.2 Å². The van der Waals surface area contributed by atoms with Crippen LogP contribution in [0.2, 0.25) is 0 Å². The van der Waals surface area contributed by atoms with Crippen molar-refractivity contribution in [1.29, 1.82) is 5.26 Å². The summed E-state index contributed by atoms with van der Waals surface area (Å²) in [5, 5.41) is 17.4. The van der Waals surface area contributed by atoms with Crippen LogP contribution in [0, 0.1) is 24.2 Å². The zero-order valence-corrected chi connectivity index (χ0v) is 9.17. The lowest BCUT2D eigenvalue weighted by Crippen LogP contribution is -2.22. The molecule has 0 aliphatic carbocycles. The third-order valence-electron chi connectivity index (χ3n) is 2.05. The standard InChI is InChI=1S/C10H13N3O3/c1-7-4-13(2)10(15)12-9(7)16-6-8(3-11)5-14/h4,8,14H,5-6H2,1-2H3. The van der Waals surface area contributed by atoms with Gasteiger partial charge in [0, 0.05) is 18.8 Å². The summed E-state index contributed by atoms with van der Waals surface area (Å²) in [5.74, 6) is -0.401. The molecule has 1 atom stereocenters. The molecule has 16 heavy (non-hydrogen) atoms. The first-order valence-electron chi connectivity index (χ1n) is 4.76. The quantitative estimate of drug-likeness (QED) is 0.750. The molecule has 1 N–H and O–H groups in total. The number of rotatable bonds is 4. The topological polar surface area (TPSA) is 88.1 Å². The van der Waals surface area contributed by atoms with Crippen LogP contribution in [0.1, 0.15) is 5.56 Å². The van der Waals surface area contributed by atoms with Gasteiger partial charge in [-0.25, -0.2) is 4.79 Å². The summed E-state index contributed by atoms with van der Waals surface area (Å²) in [7, 11) is 1.60. The molecular formula is C10H13N3O3. The molecule has 1 heterocycles. The van der Waals surface area contributed by atoms with Crippen molar-refractivity contribution >= 4 is 0 Å². The second-order valence-electron chi connectivity index (χ2n) is 3.44. The van der Waals surface area contributed by atoms with E-state index in [1.54, 1.807) is 20.2 Å². The Bertz CT molecular complexity index is 461. The van der Waals surface area contributed by atoms with Gasteiger partial charge in [0.2, 0.25) is 5.88 Å². The monoisotopic (exact) mass is 223 g/mol. The Morgan fingerprint density at radius 2 is 2.44 bits per heavy atom. The molecule has 0 spiro atoms. The molecule has 6 heteroatoms. The highest BCUT2D eigenvalue weighted by Crippen LogP contribution is 2.11. The van der Waals surface area contributed by atoms with Gasteiger partial charge in [-0.1, -0.05) is 0 Å². The summed E-state index contributed by atoms with van der Waals surface area (Å²) in [6, 6.07) is 1.88. The van der Waals surface area contributed by atoms with E-state index in [1.165, 1.54) is 4.57 Å². The molecule has 0 saturated heterocycles. The third kappa shape index (κ3) is 2.81. The van der Waals surface area contributed by atoms with Crippen molar-refractivity contribution in [3.63, 3.8) is 0 Å². The number of aromatic nitrogens is 2. The molecule has 0 aromatic carbocycles. The van der Waals surface area contributed by atoms with E-state index < -0.39 is 11.6 Å². The Balaban J connectivity index is 2.79. The maximum absolute atomic E-state index is 11.2. The number of nitriles is 1. The van der Waals surface area contributed by atoms with Crippen LogP contribution in [-0.2, 0) is 7.05 Å². The van der Waals surface area contributed by atoms with Gasteiger partial charge in [-0.2, -0.15) is 10.2 Å². The summed E-state index contributed by atoms with van der Waals surface area (Å²) >= 11 is 0. The number of aliphatic hydroxyl groups excluding tert-OH is 1. The van der Waals surface area contributed by atoms with Gasteiger partial charge >= 0.3 is 5.69 Å². The highest BCUT2D eigenvalue weighted by Gasteiger charge is 2.09. The minimum absolute atomic E-state index is 0.0218. The smallest absolute Gasteiger partial charge is 0.350 e. The van der Waals surface area contributed by atoms with E-state index >= 15 is 0 Å². The molecular weight excluding hydrogens is 210 g/mol. The lowest BCUT2D eigenvalue weighted by atomic mass is 10.2. The first kappa shape index (κ1) is 12.2. The molecule has 0 amide bonds. The molecule has 1 rings (SSSR count). The van der Waals surface area contributed by atoms with Gasteiger partial charge in [0.25, 0.3) is 0 Å². The second-order valence-corrected chi connectivity index (χ2v) is 3.44. The van der Waals surface area contributed by atoms with Crippen LogP contribution in [-0.4, -0.2) is 27.9 Å². The summed E-state index contributed by atoms with van der Waals surface area (Å²) in [6.07, 6.45) is 1.60. The van der Waals surface area contributed by atoms with Crippen LogP contribution in [0.25, 0.3) is 0 Å². The van der Waals surface area contributed by atoms with E-state index in [1.807, 2.05) is 6.07 Å². The van der Waals surface area contributed by atoms with Crippen LogP contribution in [0.5, 0.6) is 5.88 Å². The largest absolute Gasteiger partial charge is 0.476 e. The number of aryl methyl sites for hydroxylation is 2. The second kappa shape index (κ2) is 5.28. The summed E-state index contributed by atoms with van der Waals surface area (Å²) in [4.78, 5) is 14.9. The van der Waals surface area contributed by atoms with Gasteiger partial charge in [-0.15, -0.1) is 0 Å². The third-order valence-corrected chi connectivity index (χ3v) is 2.05. The van der Waals surface area contributed by atoms with Gasteiger partial charge in [-0.3, -0.25) is 0 Å². The molecule has 6 nitrogen and oxygen atoms in total. The van der Waals surface area contributed by atoms with Gasteiger partial charge < -0.3 is 14.4 Å². The van der Waals surface area contributed by atoms with Gasteiger partial charge in [0.05, 0.1) is 12.7 Å². The lowest BCUT2D eigenvalue weighted by molar-refractivity contribution is 0.189. The van der Waals surface area contributed by atoms with Crippen molar-refractivity contribution in [3.8, 4) is 11.9 Å². The highest BCUT2D eigenvalue weighted by molar-refractivity contribution is 5.20. The predicted molar refractivity (Wildman–Crippen MR) is 55.9 cm³/mol. The molecule has 0 saturated carbocycles. The predicted octanol–water partition coefficient (Wildman–Crippen LogP) is -0.400. The van der Waals surface area contributed by atoms with Crippen molar-refractivity contribution in [2.45, 2.75) is 6.92 Å². The van der Waals surface area contributed by atoms with Crippen molar-refractivity contribution in [2.75, 3.05) is 13.2 Å². The number of nitrogens with zero attached hydrogens (tertiary/aromatic N) is 3.